The van der Waals surface area contributed by atoms with Gasteiger partial charge in [-0.25, -0.2) is 0 Å². The quantitative estimate of drug-likeness (QED) is 0.613. The number of rotatable bonds is 8. The molecule has 1 aliphatic heterocycles. The van der Waals surface area contributed by atoms with E-state index in [1.54, 1.807) is 14.2 Å². The van der Waals surface area contributed by atoms with Crippen LogP contribution in [-0.2, 0) is 14.9 Å². The van der Waals surface area contributed by atoms with Crippen LogP contribution >= 0.6 is 15.9 Å². The van der Waals surface area contributed by atoms with Gasteiger partial charge < -0.3 is 19.5 Å². The normalized spacial score (nSPS) is 18.8. The predicted molar refractivity (Wildman–Crippen MR) is 123 cm³/mol. The van der Waals surface area contributed by atoms with Gasteiger partial charge in [0.2, 0.25) is 5.91 Å². The molecule has 166 valence electrons. The summed E-state index contributed by atoms with van der Waals surface area (Å²) in [5.74, 6) is 1.50. The SMILES string of the molecule is COc1ccc(C(CNC(=O)C2(c3ccc(Br)cc3)CC2)N2CCOCC2)cc1OC. The minimum Gasteiger partial charge on any atom is -0.493 e. The Kier molecular flexibility index (Phi) is 6.84. The number of hydrogen-bond donors (Lipinski definition) is 1. The van der Waals surface area contributed by atoms with Crippen molar-refractivity contribution < 1.29 is 19.0 Å². The van der Waals surface area contributed by atoms with Crippen molar-refractivity contribution in [2.24, 2.45) is 0 Å². The zero-order valence-electron chi connectivity index (χ0n) is 18.0. The fourth-order valence-corrected chi connectivity index (χ4v) is 4.57. The van der Waals surface area contributed by atoms with Crippen molar-refractivity contribution in [2.75, 3.05) is 47.1 Å². The molecule has 31 heavy (non-hydrogen) atoms. The number of halogens is 1. The molecule has 1 saturated heterocycles. The highest BCUT2D eigenvalue weighted by atomic mass is 79.9. The molecule has 2 aromatic carbocycles. The molecule has 1 aliphatic carbocycles. The molecular formula is C24H29BrN2O4. The number of carbonyl (C=O) groups excluding carboxylic acids is 1. The van der Waals surface area contributed by atoms with Crippen LogP contribution in [0.25, 0.3) is 0 Å². The summed E-state index contributed by atoms with van der Waals surface area (Å²) in [4.78, 5) is 15.6. The lowest BCUT2D eigenvalue weighted by Gasteiger charge is -2.35. The van der Waals surface area contributed by atoms with Crippen LogP contribution in [0, 0.1) is 0 Å². The summed E-state index contributed by atoms with van der Waals surface area (Å²) >= 11 is 3.48. The molecule has 7 heteroatoms. The monoisotopic (exact) mass is 488 g/mol. The molecule has 1 atom stereocenters. The van der Waals surface area contributed by atoms with Crippen molar-refractivity contribution in [3.05, 3.63) is 58.1 Å². The molecule has 0 spiro atoms. The first-order valence-corrected chi connectivity index (χ1v) is 11.4. The Morgan fingerprint density at radius 2 is 1.77 bits per heavy atom. The maximum Gasteiger partial charge on any atom is 0.230 e. The molecule has 1 unspecified atom stereocenters. The van der Waals surface area contributed by atoms with E-state index in [9.17, 15) is 4.79 Å². The lowest BCUT2D eigenvalue weighted by atomic mass is 9.94. The first kappa shape index (κ1) is 22.1. The van der Waals surface area contributed by atoms with Crippen molar-refractivity contribution in [1.82, 2.24) is 10.2 Å². The number of methoxy groups -OCH3 is 2. The van der Waals surface area contributed by atoms with E-state index < -0.39 is 5.41 Å². The van der Waals surface area contributed by atoms with E-state index in [-0.39, 0.29) is 11.9 Å². The van der Waals surface area contributed by atoms with Gasteiger partial charge in [-0.15, -0.1) is 0 Å². The molecule has 2 fully saturated rings. The molecule has 0 aromatic heterocycles. The molecule has 1 amide bonds. The smallest absolute Gasteiger partial charge is 0.230 e. The summed E-state index contributed by atoms with van der Waals surface area (Å²) in [6.07, 6.45) is 1.78. The second kappa shape index (κ2) is 9.59. The average molecular weight is 489 g/mol. The van der Waals surface area contributed by atoms with Gasteiger partial charge in [-0.05, 0) is 48.2 Å². The van der Waals surface area contributed by atoms with Crippen molar-refractivity contribution >= 4 is 21.8 Å². The van der Waals surface area contributed by atoms with Crippen LogP contribution < -0.4 is 14.8 Å². The van der Waals surface area contributed by atoms with Crippen molar-refractivity contribution in [1.29, 1.82) is 0 Å². The largest absolute Gasteiger partial charge is 0.493 e. The van der Waals surface area contributed by atoms with E-state index in [4.69, 9.17) is 14.2 Å². The van der Waals surface area contributed by atoms with Crippen LogP contribution in [0.3, 0.4) is 0 Å². The molecule has 1 saturated carbocycles. The van der Waals surface area contributed by atoms with Gasteiger partial charge in [0, 0.05) is 24.1 Å². The minimum atomic E-state index is -0.395. The summed E-state index contributed by atoms with van der Waals surface area (Å²) in [6, 6.07) is 14.1. The van der Waals surface area contributed by atoms with Crippen LogP contribution in [0.4, 0.5) is 0 Å². The van der Waals surface area contributed by atoms with E-state index in [1.165, 1.54) is 0 Å². The van der Waals surface area contributed by atoms with Gasteiger partial charge in [-0.1, -0.05) is 34.1 Å². The van der Waals surface area contributed by atoms with Crippen molar-refractivity contribution in [3.63, 3.8) is 0 Å². The van der Waals surface area contributed by atoms with E-state index in [1.807, 2.05) is 36.4 Å². The maximum absolute atomic E-state index is 13.2. The van der Waals surface area contributed by atoms with Gasteiger partial charge in [-0.2, -0.15) is 0 Å². The van der Waals surface area contributed by atoms with E-state index in [0.717, 1.165) is 41.5 Å². The molecule has 6 nitrogen and oxygen atoms in total. The van der Waals surface area contributed by atoms with E-state index in [0.29, 0.717) is 31.3 Å². The number of benzene rings is 2. The van der Waals surface area contributed by atoms with Gasteiger partial charge in [0.05, 0.1) is 38.9 Å². The Morgan fingerprint density at radius 1 is 1.10 bits per heavy atom. The van der Waals surface area contributed by atoms with Gasteiger partial charge in [0.25, 0.3) is 0 Å². The molecule has 0 radical (unpaired) electrons. The molecule has 1 heterocycles. The number of ether oxygens (including phenoxy) is 3. The van der Waals surface area contributed by atoms with E-state index >= 15 is 0 Å². The number of hydrogen-bond acceptors (Lipinski definition) is 5. The Balaban J connectivity index is 1.53. The summed E-state index contributed by atoms with van der Waals surface area (Å²) < 4.78 is 17.5. The number of amides is 1. The number of morpholine rings is 1. The second-order valence-corrected chi connectivity index (χ2v) is 8.99. The van der Waals surface area contributed by atoms with Gasteiger partial charge >= 0.3 is 0 Å². The van der Waals surface area contributed by atoms with Crippen LogP contribution in [-0.4, -0.2) is 57.9 Å². The molecule has 0 bridgehead atoms. The van der Waals surface area contributed by atoms with Crippen LogP contribution in [0.5, 0.6) is 11.5 Å². The van der Waals surface area contributed by atoms with Gasteiger partial charge in [0.15, 0.2) is 11.5 Å². The fourth-order valence-electron chi connectivity index (χ4n) is 4.31. The topological polar surface area (TPSA) is 60.0 Å². The van der Waals surface area contributed by atoms with E-state index in [2.05, 4.69) is 32.2 Å². The standard InChI is InChI=1S/C24H29BrN2O4/c1-29-21-8-3-17(15-22(21)30-2)20(27-11-13-31-14-12-27)16-26-23(28)24(9-10-24)18-4-6-19(25)7-5-18/h3-8,15,20H,9-14,16H2,1-2H3,(H,26,28). The highest BCUT2D eigenvalue weighted by Gasteiger charge is 2.51. The number of nitrogens with zero attached hydrogens (tertiary/aromatic N) is 1. The van der Waals surface area contributed by atoms with Crippen LogP contribution in [0.1, 0.15) is 30.0 Å². The Hall–Kier alpha value is -2.09. The Morgan fingerprint density at radius 3 is 2.39 bits per heavy atom. The predicted octanol–water partition coefficient (Wildman–Crippen LogP) is 3.69. The summed E-state index contributed by atoms with van der Waals surface area (Å²) in [5, 5.41) is 3.26. The highest BCUT2D eigenvalue weighted by Crippen LogP contribution is 2.48. The maximum atomic E-state index is 13.2. The molecular weight excluding hydrogens is 460 g/mol. The Labute approximate surface area is 192 Å². The lowest BCUT2D eigenvalue weighted by Crippen LogP contribution is -2.45. The van der Waals surface area contributed by atoms with Gasteiger partial charge in [0.1, 0.15) is 0 Å². The first-order chi connectivity index (χ1) is 15.1. The molecule has 4 rings (SSSR count). The van der Waals surface area contributed by atoms with Crippen molar-refractivity contribution in [3.8, 4) is 11.5 Å². The summed E-state index contributed by atoms with van der Waals surface area (Å²) in [5.41, 5.74) is 1.78. The molecule has 2 aromatic rings. The summed E-state index contributed by atoms with van der Waals surface area (Å²) in [6.45, 7) is 3.58. The zero-order chi connectivity index (χ0) is 21.8. The zero-order valence-corrected chi connectivity index (χ0v) is 19.6. The third-order valence-electron chi connectivity index (χ3n) is 6.32. The van der Waals surface area contributed by atoms with Crippen LogP contribution in [0.2, 0.25) is 0 Å². The highest BCUT2D eigenvalue weighted by molar-refractivity contribution is 9.10. The number of nitrogens with one attached hydrogen (secondary N) is 1. The third-order valence-corrected chi connectivity index (χ3v) is 6.84. The van der Waals surface area contributed by atoms with Gasteiger partial charge in [-0.3, -0.25) is 9.69 Å². The average Bonchev–Trinajstić information content (AvgIpc) is 3.62. The lowest BCUT2D eigenvalue weighted by molar-refractivity contribution is -0.124. The number of carbonyl (C=O) groups is 1. The third kappa shape index (κ3) is 4.73. The minimum absolute atomic E-state index is 0.0355. The molecule has 2 aliphatic rings. The van der Waals surface area contributed by atoms with Crippen molar-refractivity contribution in [2.45, 2.75) is 24.3 Å². The Bertz CT molecular complexity index is 908. The first-order valence-electron chi connectivity index (χ1n) is 10.7. The van der Waals surface area contributed by atoms with Crippen LogP contribution in [0.15, 0.2) is 46.9 Å². The second-order valence-electron chi connectivity index (χ2n) is 8.08. The summed E-state index contributed by atoms with van der Waals surface area (Å²) in [7, 11) is 3.27. The molecule has 1 N–H and O–H groups in total. The fraction of sp³-hybridized carbons (Fsp3) is 0.458.